The fourth-order valence-corrected chi connectivity index (χ4v) is 2.77. The summed E-state index contributed by atoms with van der Waals surface area (Å²) >= 11 is 1.52. The van der Waals surface area contributed by atoms with E-state index >= 15 is 0 Å². The summed E-state index contributed by atoms with van der Waals surface area (Å²) in [4.78, 5) is 19.9. The number of carbonyl (C=O) groups excluding carboxylic acids is 1. The molecule has 2 fully saturated rings. The first-order valence-electron chi connectivity index (χ1n) is 5.04. The predicted octanol–water partition coefficient (Wildman–Crippen LogP) is 0.357. The van der Waals surface area contributed by atoms with Crippen molar-refractivity contribution in [3.63, 3.8) is 0 Å². The summed E-state index contributed by atoms with van der Waals surface area (Å²) in [5.41, 5.74) is 0. The normalized spacial score (nSPS) is 25.9. The molecule has 6 heteroatoms. The molecular formula is C9H12N4OS. The van der Waals surface area contributed by atoms with E-state index in [4.69, 9.17) is 0 Å². The Bertz CT molecular complexity index is 366. The van der Waals surface area contributed by atoms with Gasteiger partial charge in [0, 0.05) is 31.2 Å². The van der Waals surface area contributed by atoms with Crippen LogP contribution in [0.1, 0.15) is 0 Å². The highest BCUT2D eigenvalue weighted by atomic mass is 32.1. The number of hydrogen-bond acceptors (Lipinski definition) is 4. The Morgan fingerprint density at radius 2 is 2.53 bits per heavy atom. The van der Waals surface area contributed by atoms with Gasteiger partial charge in [0.25, 0.3) is 0 Å². The maximum Gasteiger partial charge on any atom is 0.326 e. The van der Waals surface area contributed by atoms with Gasteiger partial charge in [-0.2, -0.15) is 0 Å². The zero-order valence-electron chi connectivity index (χ0n) is 8.22. The maximum atomic E-state index is 12.0. The first kappa shape index (κ1) is 9.11. The Balaban J connectivity index is 1.85. The molecule has 5 nitrogen and oxygen atoms in total. The smallest absolute Gasteiger partial charge is 0.317 e. The third-order valence-electron chi connectivity index (χ3n) is 2.87. The van der Waals surface area contributed by atoms with Crippen LogP contribution in [-0.2, 0) is 0 Å². The van der Waals surface area contributed by atoms with Crippen molar-refractivity contribution in [2.45, 2.75) is 6.04 Å². The zero-order valence-corrected chi connectivity index (χ0v) is 9.04. The van der Waals surface area contributed by atoms with Gasteiger partial charge in [-0.25, -0.2) is 9.78 Å². The van der Waals surface area contributed by atoms with Crippen molar-refractivity contribution >= 4 is 22.5 Å². The monoisotopic (exact) mass is 224 g/mol. The molecule has 1 aromatic heterocycles. The number of nitrogens with one attached hydrogen (secondary N) is 1. The van der Waals surface area contributed by atoms with Gasteiger partial charge in [-0.05, 0) is 0 Å². The van der Waals surface area contributed by atoms with Crippen LogP contribution < -0.4 is 10.2 Å². The molecule has 2 aliphatic rings. The number of aromatic nitrogens is 1. The lowest BCUT2D eigenvalue weighted by Crippen LogP contribution is -2.49. The van der Waals surface area contributed by atoms with E-state index in [1.807, 2.05) is 10.3 Å². The third-order valence-corrected chi connectivity index (χ3v) is 3.66. The number of carbonyl (C=O) groups is 1. The van der Waals surface area contributed by atoms with E-state index < -0.39 is 0 Å². The minimum Gasteiger partial charge on any atom is -0.317 e. The van der Waals surface area contributed by atoms with Gasteiger partial charge in [-0.3, -0.25) is 4.90 Å². The molecule has 1 atom stereocenters. The topological polar surface area (TPSA) is 48.5 Å². The number of piperazine rings is 1. The molecule has 2 aliphatic heterocycles. The number of hydrogen-bond donors (Lipinski definition) is 1. The standard InChI is InChI=1S/C9H12N4OS/c14-9-12-3-1-10-5-7(12)6-13(9)8-11-2-4-15-8/h2,4,7,10H,1,3,5-6H2. The molecule has 80 valence electrons. The fraction of sp³-hybridized carbons (Fsp3) is 0.556. The molecule has 1 aromatic rings. The second kappa shape index (κ2) is 3.46. The van der Waals surface area contributed by atoms with Crippen molar-refractivity contribution in [2.24, 2.45) is 0 Å². The van der Waals surface area contributed by atoms with E-state index in [2.05, 4.69) is 10.3 Å². The highest BCUT2D eigenvalue weighted by molar-refractivity contribution is 7.13. The maximum absolute atomic E-state index is 12.0. The van der Waals surface area contributed by atoms with Crippen molar-refractivity contribution < 1.29 is 4.79 Å². The van der Waals surface area contributed by atoms with Gasteiger partial charge < -0.3 is 10.2 Å². The molecule has 0 radical (unpaired) electrons. The lowest BCUT2D eigenvalue weighted by molar-refractivity contribution is 0.193. The van der Waals surface area contributed by atoms with Gasteiger partial charge in [0.1, 0.15) is 0 Å². The van der Waals surface area contributed by atoms with Crippen LogP contribution in [0.5, 0.6) is 0 Å². The van der Waals surface area contributed by atoms with Crippen LogP contribution >= 0.6 is 11.3 Å². The molecule has 1 N–H and O–H groups in total. The predicted molar refractivity (Wildman–Crippen MR) is 58.2 cm³/mol. The Morgan fingerprint density at radius 1 is 1.60 bits per heavy atom. The van der Waals surface area contributed by atoms with Crippen molar-refractivity contribution in [3.8, 4) is 0 Å². The van der Waals surface area contributed by atoms with E-state index in [0.717, 1.165) is 31.3 Å². The lowest BCUT2D eigenvalue weighted by atomic mass is 10.2. The number of thiazole rings is 1. The summed E-state index contributed by atoms with van der Waals surface area (Å²) in [7, 11) is 0. The molecule has 0 bridgehead atoms. The number of nitrogens with zero attached hydrogens (tertiary/aromatic N) is 3. The molecule has 0 saturated carbocycles. The van der Waals surface area contributed by atoms with Gasteiger partial charge in [-0.1, -0.05) is 0 Å². The summed E-state index contributed by atoms with van der Waals surface area (Å²) < 4.78 is 0. The number of amides is 2. The van der Waals surface area contributed by atoms with Crippen LogP contribution in [0.25, 0.3) is 0 Å². The van der Waals surface area contributed by atoms with Crippen molar-refractivity contribution in [1.29, 1.82) is 0 Å². The summed E-state index contributed by atoms with van der Waals surface area (Å²) in [5.74, 6) is 0. The molecule has 0 spiro atoms. The molecule has 1 unspecified atom stereocenters. The molecule has 15 heavy (non-hydrogen) atoms. The Labute approximate surface area is 91.7 Å². The summed E-state index contributed by atoms with van der Waals surface area (Å²) in [6.45, 7) is 3.37. The molecule has 2 saturated heterocycles. The minimum absolute atomic E-state index is 0.108. The quantitative estimate of drug-likeness (QED) is 0.749. The zero-order chi connectivity index (χ0) is 10.3. The average Bonchev–Trinajstić information content (AvgIpc) is 2.87. The average molecular weight is 224 g/mol. The summed E-state index contributed by atoms with van der Waals surface area (Å²) in [6.07, 6.45) is 1.74. The van der Waals surface area contributed by atoms with Gasteiger partial charge in [0.2, 0.25) is 0 Å². The highest BCUT2D eigenvalue weighted by Gasteiger charge is 2.39. The molecule has 3 rings (SSSR count). The lowest BCUT2D eigenvalue weighted by Gasteiger charge is -2.28. The van der Waals surface area contributed by atoms with E-state index in [9.17, 15) is 4.79 Å². The second-order valence-electron chi connectivity index (χ2n) is 3.76. The van der Waals surface area contributed by atoms with Crippen LogP contribution in [0.15, 0.2) is 11.6 Å². The number of rotatable bonds is 1. The largest absolute Gasteiger partial charge is 0.326 e. The Hall–Kier alpha value is -1.14. The van der Waals surface area contributed by atoms with Crippen LogP contribution in [0.2, 0.25) is 0 Å². The van der Waals surface area contributed by atoms with E-state index in [0.29, 0.717) is 6.04 Å². The Kier molecular flexibility index (Phi) is 2.10. The van der Waals surface area contributed by atoms with Gasteiger partial charge in [0.15, 0.2) is 5.13 Å². The van der Waals surface area contributed by atoms with E-state index in [-0.39, 0.29) is 6.03 Å². The highest BCUT2D eigenvalue weighted by Crippen LogP contribution is 2.25. The van der Waals surface area contributed by atoms with Gasteiger partial charge in [-0.15, -0.1) is 11.3 Å². The van der Waals surface area contributed by atoms with E-state index in [1.165, 1.54) is 11.3 Å². The Morgan fingerprint density at radius 3 is 3.27 bits per heavy atom. The number of fused-ring (bicyclic) bond motifs is 1. The first-order chi connectivity index (χ1) is 7.36. The first-order valence-corrected chi connectivity index (χ1v) is 5.92. The molecule has 0 aromatic carbocycles. The van der Waals surface area contributed by atoms with Crippen LogP contribution in [-0.4, -0.2) is 48.1 Å². The summed E-state index contributed by atoms with van der Waals surface area (Å²) in [6, 6.07) is 0.423. The van der Waals surface area contributed by atoms with Crippen molar-refractivity contribution in [3.05, 3.63) is 11.6 Å². The van der Waals surface area contributed by atoms with Crippen LogP contribution in [0.3, 0.4) is 0 Å². The number of urea groups is 1. The molecule has 3 heterocycles. The molecule has 2 amide bonds. The minimum atomic E-state index is 0.108. The summed E-state index contributed by atoms with van der Waals surface area (Å²) in [5, 5.41) is 6.02. The van der Waals surface area contributed by atoms with Crippen LogP contribution in [0, 0.1) is 0 Å². The number of anilines is 1. The van der Waals surface area contributed by atoms with Crippen molar-refractivity contribution in [1.82, 2.24) is 15.2 Å². The molecular weight excluding hydrogens is 212 g/mol. The van der Waals surface area contributed by atoms with Gasteiger partial charge >= 0.3 is 6.03 Å². The van der Waals surface area contributed by atoms with Crippen LogP contribution in [0.4, 0.5) is 9.93 Å². The van der Waals surface area contributed by atoms with Crippen molar-refractivity contribution in [2.75, 3.05) is 31.1 Å². The second-order valence-corrected chi connectivity index (χ2v) is 4.63. The SMILES string of the molecule is O=C1N(c2nccs2)CC2CNCCN12. The third kappa shape index (κ3) is 1.40. The molecule has 0 aliphatic carbocycles. The fourth-order valence-electron chi connectivity index (χ4n) is 2.13. The van der Waals surface area contributed by atoms with E-state index in [1.54, 1.807) is 11.1 Å². The van der Waals surface area contributed by atoms with Gasteiger partial charge in [0.05, 0.1) is 12.6 Å².